The molecule has 22 heavy (non-hydrogen) atoms. The summed E-state index contributed by atoms with van der Waals surface area (Å²) in [5, 5.41) is 18.7. The molecule has 0 atom stereocenters. The molecule has 0 saturated carbocycles. The maximum atomic E-state index is 13.4. The summed E-state index contributed by atoms with van der Waals surface area (Å²) >= 11 is 1.62. The highest BCUT2D eigenvalue weighted by molar-refractivity contribution is 7.07. The van der Waals surface area contributed by atoms with E-state index >= 15 is 0 Å². The smallest absolute Gasteiger partial charge is 0.220 e. The molecule has 0 bridgehead atoms. The monoisotopic (exact) mass is 317 g/mol. The number of rotatable bonds is 7. The number of nitrogens with one attached hydrogen (secondary N) is 2. The minimum absolute atomic E-state index is 0.00807. The van der Waals surface area contributed by atoms with E-state index in [0.29, 0.717) is 25.2 Å². The van der Waals surface area contributed by atoms with Gasteiger partial charge in [-0.15, -0.1) is 0 Å². The SMILES string of the molecule is N#Cc1c(F)cccc1NCCNC(=O)CCc1ccsc1. The van der Waals surface area contributed by atoms with Gasteiger partial charge < -0.3 is 10.6 Å². The number of anilines is 1. The molecule has 114 valence electrons. The molecule has 1 aromatic heterocycles. The summed E-state index contributed by atoms with van der Waals surface area (Å²) in [7, 11) is 0. The molecule has 6 heteroatoms. The first-order valence-corrected chi connectivity index (χ1v) is 7.85. The molecular weight excluding hydrogens is 301 g/mol. The number of benzene rings is 1. The van der Waals surface area contributed by atoms with Crippen molar-refractivity contribution in [2.24, 2.45) is 0 Å². The number of carbonyl (C=O) groups is 1. The second-order valence-corrected chi connectivity index (χ2v) is 5.46. The van der Waals surface area contributed by atoms with Crippen LogP contribution in [0.5, 0.6) is 0 Å². The Kier molecular flexibility index (Phi) is 5.92. The van der Waals surface area contributed by atoms with Gasteiger partial charge in [0.15, 0.2) is 0 Å². The summed E-state index contributed by atoms with van der Waals surface area (Å²) in [6, 6.07) is 8.26. The van der Waals surface area contributed by atoms with E-state index in [1.54, 1.807) is 17.4 Å². The van der Waals surface area contributed by atoms with Crippen molar-refractivity contribution in [3.05, 3.63) is 52.0 Å². The highest BCUT2D eigenvalue weighted by atomic mass is 32.1. The Morgan fingerprint density at radius 3 is 2.91 bits per heavy atom. The Bertz CT molecular complexity index is 665. The molecule has 2 N–H and O–H groups in total. The van der Waals surface area contributed by atoms with E-state index in [0.717, 1.165) is 12.0 Å². The number of hydrogen-bond donors (Lipinski definition) is 2. The molecule has 1 heterocycles. The topological polar surface area (TPSA) is 64.9 Å². The molecule has 4 nitrogen and oxygen atoms in total. The fraction of sp³-hybridized carbons (Fsp3) is 0.250. The van der Waals surface area contributed by atoms with Gasteiger partial charge in [0.25, 0.3) is 0 Å². The summed E-state index contributed by atoms with van der Waals surface area (Å²) in [6.07, 6.45) is 1.17. The second kappa shape index (κ2) is 8.15. The van der Waals surface area contributed by atoms with Gasteiger partial charge in [-0.05, 0) is 40.9 Å². The third-order valence-corrected chi connectivity index (χ3v) is 3.84. The molecule has 2 rings (SSSR count). The van der Waals surface area contributed by atoms with Crippen molar-refractivity contribution in [1.29, 1.82) is 5.26 Å². The Morgan fingerprint density at radius 1 is 1.32 bits per heavy atom. The zero-order valence-electron chi connectivity index (χ0n) is 11.9. The Hall–Kier alpha value is -2.39. The largest absolute Gasteiger partial charge is 0.382 e. The summed E-state index contributed by atoms with van der Waals surface area (Å²) in [6.45, 7) is 0.853. The summed E-state index contributed by atoms with van der Waals surface area (Å²) in [5.74, 6) is -0.569. The minimum atomic E-state index is -0.549. The quantitative estimate of drug-likeness (QED) is 0.772. The van der Waals surface area contributed by atoms with E-state index in [2.05, 4.69) is 10.6 Å². The normalized spacial score (nSPS) is 10.0. The van der Waals surface area contributed by atoms with Crippen LogP contribution >= 0.6 is 11.3 Å². The minimum Gasteiger partial charge on any atom is -0.382 e. The van der Waals surface area contributed by atoms with Crippen LogP contribution < -0.4 is 10.6 Å². The van der Waals surface area contributed by atoms with Crippen LogP contribution in [0.3, 0.4) is 0 Å². The number of hydrogen-bond acceptors (Lipinski definition) is 4. The molecule has 0 spiro atoms. The highest BCUT2D eigenvalue weighted by Crippen LogP contribution is 2.17. The van der Waals surface area contributed by atoms with Crippen LogP contribution in [-0.4, -0.2) is 19.0 Å². The van der Waals surface area contributed by atoms with Gasteiger partial charge in [-0.2, -0.15) is 16.6 Å². The number of nitrogens with zero attached hydrogens (tertiary/aromatic N) is 1. The van der Waals surface area contributed by atoms with Crippen molar-refractivity contribution in [3.8, 4) is 6.07 Å². The van der Waals surface area contributed by atoms with Gasteiger partial charge in [-0.3, -0.25) is 4.79 Å². The number of aryl methyl sites for hydroxylation is 1. The molecule has 1 aromatic carbocycles. The predicted octanol–water partition coefficient (Wildman–Crippen LogP) is 2.92. The fourth-order valence-electron chi connectivity index (χ4n) is 1.97. The van der Waals surface area contributed by atoms with Crippen molar-refractivity contribution >= 4 is 22.9 Å². The highest BCUT2D eigenvalue weighted by Gasteiger charge is 2.07. The van der Waals surface area contributed by atoms with Crippen LogP contribution in [0, 0.1) is 17.1 Å². The molecule has 0 aliphatic carbocycles. The molecule has 2 aromatic rings. The molecule has 0 saturated heterocycles. The molecule has 0 unspecified atom stereocenters. The standard InChI is InChI=1S/C16H16FN3OS/c17-14-2-1-3-15(13(14)10-18)19-7-8-20-16(21)5-4-12-6-9-22-11-12/h1-3,6,9,11,19H,4-5,7-8H2,(H,20,21). The van der Waals surface area contributed by atoms with Gasteiger partial charge in [0.1, 0.15) is 17.4 Å². The van der Waals surface area contributed by atoms with Gasteiger partial charge in [0, 0.05) is 19.5 Å². The first-order valence-electron chi connectivity index (χ1n) is 6.91. The molecule has 0 aliphatic rings. The van der Waals surface area contributed by atoms with Gasteiger partial charge in [-0.25, -0.2) is 4.39 Å². The zero-order valence-corrected chi connectivity index (χ0v) is 12.8. The van der Waals surface area contributed by atoms with Crippen molar-refractivity contribution < 1.29 is 9.18 Å². The summed E-state index contributed by atoms with van der Waals surface area (Å²) in [4.78, 5) is 11.7. The van der Waals surface area contributed by atoms with Crippen LogP contribution in [0.25, 0.3) is 0 Å². The molecule has 1 amide bonds. The lowest BCUT2D eigenvalue weighted by atomic mass is 10.2. The van der Waals surface area contributed by atoms with E-state index < -0.39 is 5.82 Å². The van der Waals surface area contributed by atoms with E-state index in [4.69, 9.17) is 5.26 Å². The lowest BCUT2D eigenvalue weighted by molar-refractivity contribution is -0.120. The lowest BCUT2D eigenvalue weighted by Gasteiger charge is -2.09. The maximum absolute atomic E-state index is 13.4. The van der Waals surface area contributed by atoms with Crippen LogP contribution in [0.15, 0.2) is 35.0 Å². The van der Waals surface area contributed by atoms with Crippen LogP contribution in [0.4, 0.5) is 10.1 Å². The van der Waals surface area contributed by atoms with E-state index in [9.17, 15) is 9.18 Å². The fourth-order valence-corrected chi connectivity index (χ4v) is 2.67. The third kappa shape index (κ3) is 4.57. The van der Waals surface area contributed by atoms with E-state index in [1.165, 1.54) is 12.1 Å². The molecular formula is C16H16FN3OS. The Balaban J connectivity index is 1.70. The molecule has 0 radical (unpaired) electrons. The Morgan fingerprint density at radius 2 is 2.18 bits per heavy atom. The number of halogens is 1. The van der Waals surface area contributed by atoms with E-state index in [1.807, 2.05) is 22.9 Å². The van der Waals surface area contributed by atoms with Crippen LogP contribution in [0.2, 0.25) is 0 Å². The average Bonchev–Trinajstić information content (AvgIpc) is 3.03. The van der Waals surface area contributed by atoms with Crippen molar-refractivity contribution in [3.63, 3.8) is 0 Å². The van der Waals surface area contributed by atoms with Gasteiger partial charge in [-0.1, -0.05) is 6.07 Å². The van der Waals surface area contributed by atoms with E-state index in [-0.39, 0.29) is 11.5 Å². The second-order valence-electron chi connectivity index (χ2n) is 4.68. The summed E-state index contributed by atoms with van der Waals surface area (Å²) < 4.78 is 13.4. The van der Waals surface area contributed by atoms with Crippen LogP contribution in [0.1, 0.15) is 17.5 Å². The predicted molar refractivity (Wildman–Crippen MR) is 85.3 cm³/mol. The lowest BCUT2D eigenvalue weighted by Crippen LogP contribution is -2.29. The number of carbonyl (C=O) groups excluding carboxylic acids is 1. The molecule has 0 fully saturated rings. The van der Waals surface area contributed by atoms with Crippen molar-refractivity contribution in [2.45, 2.75) is 12.8 Å². The average molecular weight is 317 g/mol. The van der Waals surface area contributed by atoms with Gasteiger partial charge in [0.05, 0.1) is 5.69 Å². The molecule has 0 aliphatic heterocycles. The third-order valence-electron chi connectivity index (χ3n) is 3.11. The van der Waals surface area contributed by atoms with Gasteiger partial charge >= 0.3 is 0 Å². The number of nitriles is 1. The van der Waals surface area contributed by atoms with Crippen molar-refractivity contribution in [2.75, 3.05) is 18.4 Å². The first-order chi connectivity index (χ1) is 10.7. The summed E-state index contributed by atoms with van der Waals surface area (Å²) in [5.41, 5.74) is 1.60. The number of amides is 1. The maximum Gasteiger partial charge on any atom is 0.220 e. The van der Waals surface area contributed by atoms with Gasteiger partial charge in [0.2, 0.25) is 5.91 Å². The number of thiophene rings is 1. The first kappa shape index (κ1) is 16.0. The Labute approximate surface area is 132 Å². The van der Waals surface area contributed by atoms with Crippen LogP contribution in [-0.2, 0) is 11.2 Å². The van der Waals surface area contributed by atoms with Crippen molar-refractivity contribution in [1.82, 2.24) is 5.32 Å². The zero-order chi connectivity index (χ0) is 15.8.